The highest BCUT2D eigenvalue weighted by molar-refractivity contribution is 8.02. The van der Waals surface area contributed by atoms with Crippen molar-refractivity contribution in [1.29, 1.82) is 0 Å². The molecule has 1 N–H and O–H groups in total. The zero-order valence-corrected chi connectivity index (χ0v) is 24.6. The average molecular weight is 572 g/mol. The van der Waals surface area contributed by atoms with Gasteiger partial charge in [0.1, 0.15) is 6.04 Å². The van der Waals surface area contributed by atoms with Gasteiger partial charge in [-0.25, -0.2) is 0 Å². The lowest BCUT2D eigenvalue weighted by molar-refractivity contribution is -0.144. The normalized spacial score (nSPS) is 30.8. The van der Waals surface area contributed by atoms with E-state index in [2.05, 4.69) is 12.2 Å². The van der Waals surface area contributed by atoms with Crippen LogP contribution in [0.5, 0.6) is 0 Å². The number of aliphatic hydroxyl groups excluding tert-OH is 1. The second-order valence-corrected chi connectivity index (χ2v) is 13.6. The molecule has 0 aromatic heterocycles. The SMILES string of the molecule is Cc1cccc(C)c1N1CC=C[C@]23S[C@@]4(C)C=CCN(Cc5ccccc5)C(=O)[C@H]4[C@H]2C(=O)N(CCCO)C3C1=O. The molecule has 8 heteroatoms. The summed E-state index contributed by atoms with van der Waals surface area (Å²) < 4.78 is -1.55. The average Bonchev–Trinajstić information content (AvgIpc) is 3.22. The summed E-state index contributed by atoms with van der Waals surface area (Å²) in [7, 11) is 0. The van der Waals surface area contributed by atoms with Crippen molar-refractivity contribution in [3.63, 3.8) is 0 Å². The van der Waals surface area contributed by atoms with Crippen molar-refractivity contribution in [1.82, 2.24) is 9.80 Å². The van der Waals surface area contributed by atoms with E-state index in [1.807, 2.05) is 86.4 Å². The molecule has 2 aromatic carbocycles. The van der Waals surface area contributed by atoms with Gasteiger partial charge in [0.05, 0.1) is 16.6 Å². The number of hydrogen-bond donors (Lipinski definition) is 1. The molecular formula is C33H37N3O4S. The number of carbonyl (C=O) groups excluding carboxylic acids is 3. The van der Waals surface area contributed by atoms with Crippen molar-refractivity contribution >= 4 is 35.2 Å². The number of carbonyl (C=O) groups is 3. The molecule has 4 aliphatic rings. The zero-order valence-electron chi connectivity index (χ0n) is 23.8. The minimum absolute atomic E-state index is 0.0523. The maximum Gasteiger partial charge on any atom is 0.251 e. The van der Waals surface area contributed by atoms with E-state index in [0.29, 0.717) is 26.1 Å². The molecule has 5 atom stereocenters. The van der Waals surface area contributed by atoms with E-state index >= 15 is 0 Å². The first-order chi connectivity index (χ1) is 19.7. The first kappa shape index (κ1) is 27.8. The van der Waals surface area contributed by atoms with Crippen LogP contribution in [-0.4, -0.2) is 74.4 Å². The summed E-state index contributed by atoms with van der Waals surface area (Å²) in [6, 6.07) is 15.1. The number of para-hydroxylation sites is 1. The summed E-state index contributed by atoms with van der Waals surface area (Å²) in [5, 5.41) is 9.69. The Morgan fingerprint density at radius 2 is 1.59 bits per heavy atom. The molecule has 3 amide bonds. The number of anilines is 1. The van der Waals surface area contributed by atoms with Crippen LogP contribution in [0.15, 0.2) is 72.8 Å². The van der Waals surface area contributed by atoms with Crippen LogP contribution < -0.4 is 4.90 Å². The monoisotopic (exact) mass is 571 g/mol. The van der Waals surface area contributed by atoms with Gasteiger partial charge in [-0.2, -0.15) is 0 Å². The Labute approximate surface area is 245 Å². The number of likely N-dealkylation sites (tertiary alicyclic amines) is 1. The maximum absolute atomic E-state index is 14.7. The Balaban J connectivity index is 1.44. The summed E-state index contributed by atoms with van der Waals surface area (Å²) >= 11 is 1.59. The van der Waals surface area contributed by atoms with Gasteiger partial charge in [0.25, 0.3) is 5.91 Å². The summed E-state index contributed by atoms with van der Waals surface area (Å²) in [4.78, 5) is 48.8. The summed E-state index contributed by atoms with van der Waals surface area (Å²) in [5.41, 5.74) is 3.89. The largest absolute Gasteiger partial charge is 0.396 e. The van der Waals surface area contributed by atoms with Gasteiger partial charge in [-0.1, -0.05) is 72.8 Å². The molecule has 4 aliphatic heterocycles. The predicted octanol–water partition coefficient (Wildman–Crippen LogP) is 3.87. The molecule has 214 valence electrons. The fraction of sp³-hybridized carbons (Fsp3) is 0.424. The van der Waals surface area contributed by atoms with Crippen molar-refractivity contribution in [3.8, 4) is 0 Å². The highest BCUT2D eigenvalue weighted by atomic mass is 32.2. The molecular weight excluding hydrogens is 534 g/mol. The number of fused-ring (bicyclic) bond motifs is 2. The van der Waals surface area contributed by atoms with E-state index in [1.165, 1.54) is 0 Å². The second kappa shape index (κ2) is 10.5. The molecule has 1 unspecified atom stereocenters. The van der Waals surface area contributed by atoms with Crippen molar-refractivity contribution in [2.45, 2.75) is 49.3 Å². The van der Waals surface area contributed by atoms with Crippen LogP contribution in [0.25, 0.3) is 0 Å². The van der Waals surface area contributed by atoms with Gasteiger partial charge in [-0.05, 0) is 43.9 Å². The third kappa shape index (κ3) is 4.34. The first-order valence-corrected chi connectivity index (χ1v) is 15.2. The minimum atomic E-state index is -0.899. The minimum Gasteiger partial charge on any atom is -0.396 e. The van der Waals surface area contributed by atoms with Crippen molar-refractivity contribution in [2.24, 2.45) is 11.8 Å². The Hall–Kier alpha value is -3.36. The van der Waals surface area contributed by atoms with Crippen LogP contribution in [0.1, 0.15) is 30.0 Å². The Morgan fingerprint density at radius 1 is 0.878 bits per heavy atom. The van der Waals surface area contributed by atoms with Crippen molar-refractivity contribution < 1.29 is 19.5 Å². The number of benzene rings is 2. The molecule has 1 spiro atoms. The number of rotatable bonds is 6. The van der Waals surface area contributed by atoms with Gasteiger partial charge in [0.2, 0.25) is 11.8 Å². The Bertz CT molecular complexity index is 1420. The van der Waals surface area contributed by atoms with E-state index in [0.717, 1.165) is 22.4 Å². The number of nitrogens with zero attached hydrogens (tertiary/aromatic N) is 3. The van der Waals surface area contributed by atoms with Crippen LogP contribution in [0.4, 0.5) is 5.69 Å². The molecule has 6 rings (SSSR count). The van der Waals surface area contributed by atoms with Crippen LogP contribution in [0, 0.1) is 25.7 Å². The van der Waals surface area contributed by atoms with E-state index in [1.54, 1.807) is 21.6 Å². The standard InChI is InChI=1S/C33H37N3O4S/c1-22-11-7-12-23(2)27(22)35-18-9-16-33-26(30(39)36(19-10-20-37)28(33)31(35)40)25-29(38)34(17-8-15-32(25,3)41-33)21-24-13-5-4-6-14-24/h4-9,11-16,25-26,28,37H,10,17-21H2,1-3H3/t25-,26+,28?,32+,33+/m1/s1. The molecule has 2 saturated heterocycles. The molecule has 0 bridgehead atoms. The van der Waals surface area contributed by atoms with Crippen molar-refractivity contribution in [3.05, 3.63) is 89.5 Å². The summed E-state index contributed by atoms with van der Waals surface area (Å²) in [5.74, 6) is -1.66. The van der Waals surface area contributed by atoms with E-state index < -0.39 is 27.4 Å². The van der Waals surface area contributed by atoms with Gasteiger partial charge in [0, 0.05) is 43.2 Å². The third-order valence-corrected chi connectivity index (χ3v) is 10.9. The topological polar surface area (TPSA) is 81.2 Å². The molecule has 2 aromatic rings. The fourth-order valence-electron chi connectivity index (χ4n) is 7.43. The lowest BCUT2D eigenvalue weighted by atomic mass is 9.74. The van der Waals surface area contributed by atoms with Gasteiger partial charge in [0.15, 0.2) is 0 Å². The van der Waals surface area contributed by atoms with Crippen LogP contribution in [0.3, 0.4) is 0 Å². The van der Waals surface area contributed by atoms with Gasteiger partial charge < -0.3 is 19.8 Å². The molecule has 41 heavy (non-hydrogen) atoms. The smallest absolute Gasteiger partial charge is 0.251 e. The van der Waals surface area contributed by atoms with Gasteiger partial charge >= 0.3 is 0 Å². The van der Waals surface area contributed by atoms with Crippen LogP contribution in [-0.2, 0) is 20.9 Å². The highest BCUT2D eigenvalue weighted by Gasteiger charge is 2.73. The zero-order chi connectivity index (χ0) is 28.9. The molecule has 4 heterocycles. The highest BCUT2D eigenvalue weighted by Crippen LogP contribution is 2.65. The molecule has 0 saturated carbocycles. The maximum atomic E-state index is 14.7. The quantitative estimate of drug-likeness (QED) is 0.533. The van der Waals surface area contributed by atoms with Gasteiger partial charge in [-0.3, -0.25) is 14.4 Å². The third-order valence-electron chi connectivity index (χ3n) is 9.12. The molecule has 2 fully saturated rings. The Kier molecular flexibility index (Phi) is 7.10. The number of thioether (sulfide) groups is 1. The molecule has 0 radical (unpaired) electrons. The number of aliphatic hydroxyl groups is 1. The lowest BCUT2D eigenvalue weighted by Gasteiger charge is -2.37. The fourth-order valence-corrected chi connectivity index (χ4v) is 9.59. The lowest BCUT2D eigenvalue weighted by Crippen LogP contribution is -2.54. The van der Waals surface area contributed by atoms with E-state index in [4.69, 9.17) is 0 Å². The number of hydrogen-bond acceptors (Lipinski definition) is 5. The molecule has 0 aliphatic carbocycles. The van der Waals surface area contributed by atoms with Crippen LogP contribution in [0.2, 0.25) is 0 Å². The summed E-state index contributed by atoms with van der Waals surface area (Å²) in [6.07, 6.45) is 8.56. The number of amides is 3. The van der Waals surface area contributed by atoms with E-state index in [-0.39, 0.29) is 30.9 Å². The number of aryl methyl sites for hydroxylation is 2. The van der Waals surface area contributed by atoms with Crippen molar-refractivity contribution in [2.75, 3.05) is 31.1 Å². The second-order valence-electron chi connectivity index (χ2n) is 11.8. The predicted molar refractivity (Wildman–Crippen MR) is 161 cm³/mol. The van der Waals surface area contributed by atoms with E-state index in [9.17, 15) is 19.5 Å². The first-order valence-electron chi connectivity index (χ1n) is 14.4. The van der Waals surface area contributed by atoms with Gasteiger partial charge in [-0.15, -0.1) is 11.8 Å². The molecule has 7 nitrogen and oxygen atoms in total. The summed E-state index contributed by atoms with van der Waals surface area (Å²) in [6.45, 7) is 7.55. The van der Waals surface area contributed by atoms with Crippen LogP contribution >= 0.6 is 11.8 Å². The Morgan fingerprint density at radius 3 is 2.29 bits per heavy atom.